The van der Waals surface area contributed by atoms with Crippen molar-refractivity contribution in [1.82, 2.24) is 20.9 Å². The van der Waals surface area contributed by atoms with Crippen molar-refractivity contribution in [2.45, 2.75) is 89.9 Å². The van der Waals surface area contributed by atoms with Crippen molar-refractivity contribution in [3.8, 4) is 11.1 Å². The Kier molecular flexibility index (Phi) is 10.2. The molecule has 3 N–H and O–H groups in total. The molecule has 1 saturated carbocycles. The smallest absolute Gasteiger partial charge is 0.407 e. The highest BCUT2D eigenvalue weighted by molar-refractivity contribution is 6.41. The minimum atomic E-state index is -0.970. The summed E-state index contributed by atoms with van der Waals surface area (Å²) in [4.78, 5) is 59.8. The Morgan fingerprint density at radius 1 is 1.00 bits per heavy atom. The SMILES string of the molecule is C=C1C[C@@H](C(=O)N[C@@H](CCC)/C(=N/C)C(=O)NC2CC2)N(C(=O)[C@@H](NC(=O)OCC2c3ccccc3-c3ccccc32)C(C)(C)C)C1. The van der Waals surface area contributed by atoms with E-state index in [2.05, 4.69) is 39.7 Å². The maximum atomic E-state index is 14.2. The molecule has 0 aromatic heterocycles. The molecule has 2 fully saturated rings. The van der Waals surface area contributed by atoms with Gasteiger partial charge in [-0.1, -0.05) is 94.8 Å². The first-order valence-corrected chi connectivity index (χ1v) is 16.6. The molecular formula is C37H47N5O5. The van der Waals surface area contributed by atoms with E-state index in [1.807, 2.05) is 64.1 Å². The van der Waals surface area contributed by atoms with Crippen LogP contribution in [0.4, 0.5) is 4.79 Å². The highest BCUT2D eigenvalue weighted by Crippen LogP contribution is 2.44. The van der Waals surface area contributed by atoms with E-state index in [1.54, 1.807) is 7.05 Å². The Hall–Kier alpha value is -4.47. The van der Waals surface area contributed by atoms with Gasteiger partial charge in [0.2, 0.25) is 11.8 Å². The van der Waals surface area contributed by atoms with Crippen LogP contribution in [0.2, 0.25) is 0 Å². The fraction of sp³-hybridized carbons (Fsp3) is 0.486. The number of ether oxygens (including phenoxy) is 1. The van der Waals surface area contributed by atoms with Gasteiger partial charge in [0, 0.05) is 25.6 Å². The van der Waals surface area contributed by atoms with Gasteiger partial charge in [-0.05, 0) is 53.4 Å². The van der Waals surface area contributed by atoms with Gasteiger partial charge in [-0.2, -0.15) is 0 Å². The maximum absolute atomic E-state index is 14.2. The molecule has 1 heterocycles. The third-order valence-corrected chi connectivity index (χ3v) is 9.17. The number of aliphatic imine (C=N–C) groups is 1. The van der Waals surface area contributed by atoms with Crippen LogP contribution in [0, 0.1) is 5.41 Å². The van der Waals surface area contributed by atoms with Gasteiger partial charge in [0.05, 0.1) is 6.04 Å². The predicted molar refractivity (Wildman–Crippen MR) is 182 cm³/mol. The normalized spacial score (nSPS) is 19.0. The van der Waals surface area contributed by atoms with E-state index in [1.165, 1.54) is 4.90 Å². The highest BCUT2D eigenvalue weighted by Gasteiger charge is 2.44. The van der Waals surface area contributed by atoms with Crippen LogP contribution in [-0.2, 0) is 19.1 Å². The zero-order valence-electron chi connectivity index (χ0n) is 28.1. The standard InChI is InChI=1S/C37H47N5O5/c1-7-12-29(31(38-6)34(44)39-23-17-18-23)40-33(43)30-19-22(2)20-42(30)35(45)32(37(3,4)5)41-36(46)47-21-28-26-15-10-8-13-24(26)25-14-9-11-16-27(25)28/h8-11,13-16,23,28-30,32H,2,7,12,17-21H2,1,3-6H3,(H,39,44)(H,40,43)(H,41,46)/b38-31-/t29-,30-,32+/m0/s1. The summed E-state index contributed by atoms with van der Waals surface area (Å²) in [5, 5.41) is 8.78. The van der Waals surface area contributed by atoms with Gasteiger partial charge < -0.3 is 25.6 Å². The van der Waals surface area contributed by atoms with Crippen LogP contribution in [0.25, 0.3) is 11.1 Å². The van der Waals surface area contributed by atoms with Crippen molar-refractivity contribution >= 4 is 29.5 Å². The Bertz CT molecular complexity index is 1530. The van der Waals surface area contributed by atoms with Crippen molar-refractivity contribution < 1.29 is 23.9 Å². The average Bonchev–Trinajstić information content (AvgIpc) is 3.67. The lowest BCUT2D eigenvalue weighted by Gasteiger charge is -2.35. The second kappa shape index (κ2) is 14.1. The number of likely N-dealkylation sites (tertiary alicyclic amines) is 1. The van der Waals surface area contributed by atoms with E-state index in [0.717, 1.165) is 47.1 Å². The van der Waals surface area contributed by atoms with E-state index in [9.17, 15) is 19.2 Å². The van der Waals surface area contributed by atoms with E-state index in [4.69, 9.17) is 4.74 Å². The Morgan fingerprint density at radius 3 is 2.17 bits per heavy atom. The fourth-order valence-corrected chi connectivity index (χ4v) is 6.57. The molecule has 2 aromatic carbocycles. The van der Waals surface area contributed by atoms with Crippen molar-refractivity contribution in [3.05, 3.63) is 71.8 Å². The molecule has 10 heteroatoms. The molecule has 47 heavy (non-hydrogen) atoms. The fourth-order valence-electron chi connectivity index (χ4n) is 6.57. The van der Waals surface area contributed by atoms with Gasteiger partial charge in [-0.15, -0.1) is 0 Å². The summed E-state index contributed by atoms with van der Waals surface area (Å²) in [5.74, 6) is -1.18. The number of fused-ring (bicyclic) bond motifs is 3. The van der Waals surface area contributed by atoms with Crippen molar-refractivity contribution in [3.63, 3.8) is 0 Å². The van der Waals surface area contributed by atoms with E-state index in [-0.39, 0.29) is 49.1 Å². The molecule has 2 aromatic rings. The van der Waals surface area contributed by atoms with Gasteiger partial charge in [-0.3, -0.25) is 19.4 Å². The van der Waals surface area contributed by atoms with Gasteiger partial charge in [0.1, 0.15) is 24.4 Å². The molecule has 0 spiro atoms. The lowest BCUT2D eigenvalue weighted by atomic mass is 9.85. The average molecular weight is 642 g/mol. The summed E-state index contributed by atoms with van der Waals surface area (Å²) >= 11 is 0. The lowest BCUT2D eigenvalue weighted by molar-refractivity contribution is -0.142. The van der Waals surface area contributed by atoms with Crippen molar-refractivity contribution in [2.24, 2.45) is 10.4 Å². The first-order valence-electron chi connectivity index (χ1n) is 16.6. The number of nitrogens with zero attached hydrogens (tertiary/aromatic N) is 2. The van der Waals surface area contributed by atoms with Crippen LogP contribution in [0.1, 0.15) is 76.8 Å². The van der Waals surface area contributed by atoms with Crippen LogP contribution in [0.3, 0.4) is 0 Å². The largest absolute Gasteiger partial charge is 0.449 e. The van der Waals surface area contributed by atoms with Crippen LogP contribution < -0.4 is 16.0 Å². The third-order valence-electron chi connectivity index (χ3n) is 9.17. The molecule has 10 nitrogen and oxygen atoms in total. The Labute approximate surface area is 277 Å². The number of benzene rings is 2. The van der Waals surface area contributed by atoms with Crippen molar-refractivity contribution in [1.29, 1.82) is 0 Å². The Morgan fingerprint density at radius 2 is 1.62 bits per heavy atom. The third kappa shape index (κ3) is 7.58. The molecule has 3 atom stereocenters. The summed E-state index contributed by atoms with van der Waals surface area (Å²) < 4.78 is 5.78. The number of hydrogen-bond acceptors (Lipinski definition) is 6. The van der Waals surface area contributed by atoms with Gasteiger partial charge >= 0.3 is 6.09 Å². The second-order valence-electron chi connectivity index (χ2n) is 13.9. The lowest BCUT2D eigenvalue weighted by Crippen LogP contribution is -2.59. The zero-order chi connectivity index (χ0) is 33.9. The number of hydrogen-bond donors (Lipinski definition) is 3. The quantitative estimate of drug-likeness (QED) is 0.241. The summed E-state index contributed by atoms with van der Waals surface area (Å²) in [5.41, 5.74) is 4.75. The second-order valence-corrected chi connectivity index (χ2v) is 13.9. The van der Waals surface area contributed by atoms with E-state index in [0.29, 0.717) is 6.42 Å². The molecular weight excluding hydrogens is 594 g/mol. The van der Waals surface area contributed by atoms with Gasteiger partial charge in [-0.25, -0.2) is 4.79 Å². The van der Waals surface area contributed by atoms with E-state index >= 15 is 0 Å². The topological polar surface area (TPSA) is 129 Å². The number of amides is 4. The highest BCUT2D eigenvalue weighted by atomic mass is 16.5. The van der Waals surface area contributed by atoms with Crippen molar-refractivity contribution in [2.75, 3.05) is 20.2 Å². The molecule has 250 valence electrons. The first kappa shape index (κ1) is 33.9. The van der Waals surface area contributed by atoms with Crippen LogP contribution in [0.15, 0.2) is 65.7 Å². The van der Waals surface area contributed by atoms with Crippen LogP contribution in [-0.4, -0.2) is 78.8 Å². The Balaban J connectivity index is 1.27. The van der Waals surface area contributed by atoms with Crippen LogP contribution in [0.5, 0.6) is 0 Å². The first-order chi connectivity index (χ1) is 22.4. The molecule has 5 rings (SSSR count). The summed E-state index contributed by atoms with van der Waals surface area (Å²) in [7, 11) is 1.55. The number of carbonyl (C=O) groups is 4. The van der Waals surface area contributed by atoms with Crippen LogP contribution >= 0.6 is 0 Å². The monoisotopic (exact) mass is 641 g/mol. The maximum Gasteiger partial charge on any atom is 0.407 e. The summed E-state index contributed by atoms with van der Waals surface area (Å²) in [6.45, 7) is 11.9. The number of carbonyl (C=O) groups excluding carboxylic acids is 4. The predicted octanol–water partition coefficient (Wildman–Crippen LogP) is 4.73. The summed E-state index contributed by atoms with van der Waals surface area (Å²) in [6, 6.07) is 13.9. The molecule has 0 radical (unpaired) electrons. The minimum absolute atomic E-state index is 0.116. The molecule has 0 bridgehead atoms. The molecule has 4 amide bonds. The molecule has 3 aliphatic rings. The molecule has 2 aliphatic carbocycles. The summed E-state index contributed by atoms with van der Waals surface area (Å²) in [6.07, 6.45) is 2.70. The molecule has 1 saturated heterocycles. The number of alkyl carbamates (subject to hydrolysis) is 1. The number of rotatable bonds is 11. The zero-order valence-corrected chi connectivity index (χ0v) is 28.1. The van der Waals surface area contributed by atoms with Gasteiger partial charge in [0.25, 0.3) is 5.91 Å². The number of nitrogens with one attached hydrogen (secondary N) is 3. The minimum Gasteiger partial charge on any atom is -0.449 e. The molecule has 1 aliphatic heterocycles. The molecule has 0 unspecified atom stereocenters. The van der Waals surface area contributed by atoms with E-state index < -0.39 is 35.5 Å². The van der Waals surface area contributed by atoms with Gasteiger partial charge in [0.15, 0.2) is 0 Å².